The van der Waals surface area contributed by atoms with Gasteiger partial charge in [-0.2, -0.15) is 27.8 Å². The molecule has 0 aliphatic rings. The molecular formula is C10H5BrF4N2O2. The van der Waals surface area contributed by atoms with E-state index in [0.717, 1.165) is 12.1 Å². The lowest BCUT2D eigenvalue weighted by Crippen LogP contribution is -2.08. The molecule has 1 aromatic carbocycles. The van der Waals surface area contributed by atoms with Gasteiger partial charge in [-0.3, -0.25) is 0 Å². The van der Waals surface area contributed by atoms with Crippen LogP contribution in [0.15, 0.2) is 22.8 Å². The van der Waals surface area contributed by atoms with Gasteiger partial charge < -0.3 is 9.47 Å². The molecule has 1 heterocycles. The highest BCUT2D eigenvalue weighted by atomic mass is 79.9. The second-order valence-electron chi connectivity index (χ2n) is 3.27. The van der Waals surface area contributed by atoms with Crippen molar-refractivity contribution < 1.29 is 27.0 Å². The first-order chi connectivity index (χ1) is 8.97. The molecule has 4 nitrogen and oxygen atoms in total. The SMILES string of the molecule is FC(F)Oc1cc2nncc(Br)c2cc1OC(F)F. The molecule has 2 aromatic rings. The predicted molar refractivity (Wildman–Crippen MR) is 60.5 cm³/mol. The average molecular weight is 341 g/mol. The highest BCUT2D eigenvalue weighted by Crippen LogP contribution is 2.36. The van der Waals surface area contributed by atoms with E-state index in [1.165, 1.54) is 6.20 Å². The number of hydrogen-bond donors (Lipinski definition) is 0. The standard InChI is InChI=1S/C10H5BrF4N2O2/c11-5-3-16-17-6-2-8(19-10(14)15)7(1-4(5)6)18-9(12)13/h1-3,9-10H. The maximum absolute atomic E-state index is 12.2. The first-order valence-electron chi connectivity index (χ1n) is 4.82. The number of aromatic nitrogens is 2. The Kier molecular flexibility index (Phi) is 4.03. The molecular weight excluding hydrogens is 336 g/mol. The highest BCUT2D eigenvalue weighted by molar-refractivity contribution is 9.10. The van der Waals surface area contributed by atoms with Crippen LogP contribution in [0.5, 0.6) is 11.5 Å². The summed E-state index contributed by atoms with van der Waals surface area (Å²) in [6, 6.07) is 2.18. The van der Waals surface area contributed by atoms with E-state index in [-0.39, 0.29) is 5.52 Å². The van der Waals surface area contributed by atoms with Gasteiger partial charge in [0.25, 0.3) is 0 Å². The maximum atomic E-state index is 12.2. The summed E-state index contributed by atoms with van der Waals surface area (Å²) in [6.07, 6.45) is 1.34. The van der Waals surface area contributed by atoms with Gasteiger partial charge in [0.2, 0.25) is 0 Å². The Morgan fingerprint density at radius 2 is 1.58 bits per heavy atom. The summed E-state index contributed by atoms with van der Waals surface area (Å²) < 4.78 is 57.6. The zero-order valence-electron chi connectivity index (χ0n) is 8.99. The molecule has 19 heavy (non-hydrogen) atoms. The van der Waals surface area contributed by atoms with Crippen LogP contribution in [0.25, 0.3) is 10.9 Å². The van der Waals surface area contributed by atoms with Gasteiger partial charge in [0.1, 0.15) is 0 Å². The summed E-state index contributed by atoms with van der Waals surface area (Å²) in [5, 5.41) is 7.66. The van der Waals surface area contributed by atoms with Gasteiger partial charge >= 0.3 is 13.2 Å². The third-order valence-corrected chi connectivity index (χ3v) is 2.72. The topological polar surface area (TPSA) is 44.2 Å². The Morgan fingerprint density at radius 1 is 1.00 bits per heavy atom. The normalized spacial score (nSPS) is 11.3. The lowest BCUT2D eigenvalue weighted by Gasteiger charge is -2.12. The van der Waals surface area contributed by atoms with E-state index >= 15 is 0 Å². The van der Waals surface area contributed by atoms with Gasteiger partial charge in [-0.05, 0) is 22.0 Å². The lowest BCUT2D eigenvalue weighted by molar-refractivity contribution is -0.0690. The number of hydrogen-bond acceptors (Lipinski definition) is 4. The van der Waals surface area contributed by atoms with Crippen molar-refractivity contribution in [2.24, 2.45) is 0 Å². The molecule has 0 bridgehead atoms. The van der Waals surface area contributed by atoms with E-state index in [2.05, 4.69) is 35.6 Å². The molecule has 0 amide bonds. The highest BCUT2D eigenvalue weighted by Gasteiger charge is 2.17. The fourth-order valence-electron chi connectivity index (χ4n) is 1.41. The average Bonchev–Trinajstić information content (AvgIpc) is 2.29. The van der Waals surface area contributed by atoms with Crippen LogP contribution in [0, 0.1) is 0 Å². The molecule has 102 valence electrons. The number of halogens is 5. The van der Waals surface area contributed by atoms with Crippen molar-refractivity contribution in [3.05, 3.63) is 22.8 Å². The van der Waals surface area contributed by atoms with Crippen molar-refractivity contribution in [2.75, 3.05) is 0 Å². The summed E-state index contributed by atoms with van der Waals surface area (Å²) in [4.78, 5) is 0. The quantitative estimate of drug-likeness (QED) is 0.798. The van der Waals surface area contributed by atoms with Gasteiger partial charge in [-0.1, -0.05) is 0 Å². The minimum Gasteiger partial charge on any atom is -0.431 e. The van der Waals surface area contributed by atoms with Gasteiger partial charge in [0, 0.05) is 15.9 Å². The van der Waals surface area contributed by atoms with Crippen molar-refractivity contribution >= 4 is 26.8 Å². The van der Waals surface area contributed by atoms with Crippen molar-refractivity contribution in [2.45, 2.75) is 13.2 Å². The fourth-order valence-corrected chi connectivity index (χ4v) is 1.82. The molecule has 0 atom stereocenters. The van der Waals surface area contributed by atoms with E-state index < -0.39 is 24.7 Å². The summed E-state index contributed by atoms with van der Waals surface area (Å²) >= 11 is 3.14. The molecule has 1 aromatic heterocycles. The zero-order valence-corrected chi connectivity index (χ0v) is 10.6. The Hall–Kier alpha value is -1.64. The zero-order chi connectivity index (χ0) is 14.0. The van der Waals surface area contributed by atoms with Crippen LogP contribution in [0.4, 0.5) is 17.6 Å². The summed E-state index contributed by atoms with van der Waals surface area (Å²) in [5.74, 6) is -1.04. The summed E-state index contributed by atoms with van der Waals surface area (Å²) in [7, 11) is 0. The Labute approximate surface area is 112 Å². The van der Waals surface area contributed by atoms with Crippen LogP contribution in [0.2, 0.25) is 0 Å². The second-order valence-corrected chi connectivity index (χ2v) is 4.12. The van der Waals surface area contributed by atoms with E-state index in [0.29, 0.717) is 9.86 Å². The second kappa shape index (κ2) is 5.55. The van der Waals surface area contributed by atoms with Crippen LogP contribution in [-0.4, -0.2) is 23.4 Å². The largest absolute Gasteiger partial charge is 0.431 e. The van der Waals surface area contributed by atoms with Gasteiger partial charge in [0.15, 0.2) is 11.5 Å². The van der Waals surface area contributed by atoms with Crippen LogP contribution >= 0.6 is 15.9 Å². The van der Waals surface area contributed by atoms with Gasteiger partial charge in [-0.25, -0.2) is 0 Å². The van der Waals surface area contributed by atoms with Crippen LogP contribution < -0.4 is 9.47 Å². The molecule has 0 aliphatic carbocycles. The minimum absolute atomic E-state index is 0.201. The molecule has 0 unspecified atom stereocenters. The Morgan fingerprint density at radius 3 is 2.16 bits per heavy atom. The molecule has 2 rings (SSSR count). The van der Waals surface area contributed by atoms with Crippen LogP contribution in [-0.2, 0) is 0 Å². The van der Waals surface area contributed by atoms with E-state index in [9.17, 15) is 17.6 Å². The monoisotopic (exact) mass is 340 g/mol. The molecule has 0 spiro atoms. The molecule has 0 aliphatic heterocycles. The number of nitrogens with zero attached hydrogens (tertiary/aromatic N) is 2. The van der Waals surface area contributed by atoms with Crippen LogP contribution in [0.3, 0.4) is 0 Å². The molecule has 0 radical (unpaired) electrons. The number of ether oxygens (including phenoxy) is 2. The number of rotatable bonds is 4. The fraction of sp³-hybridized carbons (Fsp3) is 0.200. The third-order valence-electron chi connectivity index (χ3n) is 2.09. The van der Waals surface area contributed by atoms with E-state index in [4.69, 9.17) is 0 Å². The number of fused-ring (bicyclic) bond motifs is 1. The molecule has 0 N–H and O–H groups in total. The molecule has 0 fully saturated rings. The van der Waals surface area contributed by atoms with Crippen molar-refractivity contribution in [1.29, 1.82) is 0 Å². The number of benzene rings is 1. The summed E-state index contributed by atoms with van der Waals surface area (Å²) in [5.41, 5.74) is 0.201. The molecule has 9 heteroatoms. The number of alkyl halides is 4. The van der Waals surface area contributed by atoms with Crippen molar-refractivity contribution in [3.8, 4) is 11.5 Å². The smallest absolute Gasteiger partial charge is 0.387 e. The summed E-state index contributed by atoms with van der Waals surface area (Å²) in [6.45, 7) is -6.33. The van der Waals surface area contributed by atoms with Gasteiger partial charge in [-0.15, -0.1) is 0 Å². The third kappa shape index (κ3) is 3.22. The molecule has 0 saturated carbocycles. The molecule has 0 saturated heterocycles. The first-order valence-corrected chi connectivity index (χ1v) is 5.61. The Bertz CT molecular complexity index is 597. The predicted octanol–water partition coefficient (Wildman–Crippen LogP) is 3.60. The minimum atomic E-state index is -3.17. The van der Waals surface area contributed by atoms with Crippen molar-refractivity contribution in [1.82, 2.24) is 10.2 Å². The van der Waals surface area contributed by atoms with Crippen LogP contribution in [0.1, 0.15) is 0 Å². The van der Waals surface area contributed by atoms with Crippen molar-refractivity contribution in [3.63, 3.8) is 0 Å². The Balaban J connectivity index is 2.56. The maximum Gasteiger partial charge on any atom is 0.387 e. The van der Waals surface area contributed by atoms with Gasteiger partial charge in [0.05, 0.1) is 11.7 Å². The lowest BCUT2D eigenvalue weighted by atomic mass is 10.2. The van der Waals surface area contributed by atoms with E-state index in [1.807, 2.05) is 0 Å². The van der Waals surface area contributed by atoms with E-state index in [1.54, 1.807) is 0 Å². The first kappa shape index (κ1) is 13.8.